The maximum absolute atomic E-state index is 12.4. The predicted molar refractivity (Wildman–Crippen MR) is 116 cm³/mol. The molecule has 10 heteroatoms. The number of nitrogens with two attached hydrogens (primary N) is 1. The summed E-state index contributed by atoms with van der Waals surface area (Å²) in [6, 6.07) is 0. The second-order valence-electron chi connectivity index (χ2n) is 7.09. The fourth-order valence-electron chi connectivity index (χ4n) is 3.82. The van der Waals surface area contributed by atoms with E-state index in [4.69, 9.17) is 20.2 Å². The van der Waals surface area contributed by atoms with Crippen molar-refractivity contribution in [2.24, 2.45) is 5.73 Å². The van der Waals surface area contributed by atoms with Gasteiger partial charge in [0.05, 0.1) is 45.8 Å². The number of amides is 1. The Morgan fingerprint density at radius 1 is 1.07 bits per heavy atom. The molecule has 3 aromatic heterocycles. The normalized spacial score (nSPS) is 19.1. The molecule has 30 heavy (non-hydrogen) atoms. The van der Waals surface area contributed by atoms with Crippen molar-refractivity contribution in [1.82, 2.24) is 19.9 Å². The van der Waals surface area contributed by atoms with E-state index >= 15 is 0 Å². The van der Waals surface area contributed by atoms with Crippen molar-refractivity contribution >= 4 is 28.6 Å². The molecule has 0 unspecified atom stereocenters. The maximum atomic E-state index is 12.4. The molecule has 0 saturated heterocycles. The number of nitrogens with zero attached hydrogens (tertiary/aromatic N) is 4. The number of hydrogen-bond acceptors (Lipinski definition) is 9. The summed E-state index contributed by atoms with van der Waals surface area (Å²) < 4.78 is 11.0. The van der Waals surface area contributed by atoms with Gasteiger partial charge in [-0.3, -0.25) is 14.8 Å². The van der Waals surface area contributed by atoms with Gasteiger partial charge in [0.1, 0.15) is 5.69 Å². The molecule has 3 heterocycles. The van der Waals surface area contributed by atoms with Crippen LogP contribution in [0.4, 0.5) is 0 Å². The smallest absolute Gasteiger partial charge is 0.267 e. The Labute approximate surface area is 182 Å². The van der Waals surface area contributed by atoms with Crippen LogP contribution in [0.25, 0.3) is 21.3 Å². The molecule has 0 radical (unpaired) electrons. The van der Waals surface area contributed by atoms with Crippen molar-refractivity contribution in [3.63, 3.8) is 0 Å². The summed E-state index contributed by atoms with van der Waals surface area (Å²) in [4.78, 5) is 31.8. The van der Waals surface area contributed by atoms with Crippen LogP contribution in [-0.4, -0.2) is 52.3 Å². The van der Waals surface area contributed by atoms with Crippen LogP contribution in [0, 0.1) is 0 Å². The lowest BCUT2D eigenvalue weighted by Gasteiger charge is -2.30. The maximum Gasteiger partial charge on any atom is 0.267 e. The minimum Gasteiger partial charge on any atom is -0.382 e. The number of rotatable bonds is 8. The van der Waals surface area contributed by atoms with Crippen LogP contribution in [0.3, 0.4) is 0 Å². The minimum absolute atomic E-state index is 0.141. The quantitative estimate of drug-likeness (QED) is 0.528. The predicted octanol–water partition coefficient (Wildman–Crippen LogP) is 3.51. The molecule has 1 saturated carbocycles. The first kappa shape index (κ1) is 21.0. The zero-order valence-corrected chi connectivity index (χ0v) is 18.2. The summed E-state index contributed by atoms with van der Waals surface area (Å²) in [5, 5.41) is 0. The van der Waals surface area contributed by atoms with Crippen LogP contribution in [0.1, 0.15) is 47.7 Å². The van der Waals surface area contributed by atoms with Gasteiger partial charge in [-0.25, -0.2) is 9.97 Å². The van der Waals surface area contributed by atoms with E-state index in [1.165, 1.54) is 22.7 Å². The number of hydrogen-bond donors (Lipinski definition) is 1. The first-order valence-corrected chi connectivity index (χ1v) is 11.5. The largest absolute Gasteiger partial charge is 0.382 e. The first-order valence-electron chi connectivity index (χ1n) is 9.77. The number of thiazole rings is 2. The minimum atomic E-state index is -0.539. The Hall–Kier alpha value is -2.27. The Kier molecular flexibility index (Phi) is 6.78. The third kappa shape index (κ3) is 4.56. The highest BCUT2D eigenvalue weighted by Gasteiger charge is 2.31. The molecule has 1 fully saturated rings. The first-order chi connectivity index (χ1) is 14.7. The van der Waals surface area contributed by atoms with Crippen LogP contribution >= 0.6 is 22.7 Å². The van der Waals surface area contributed by atoms with E-state index < -0.39 is 5.91 Å². The summed E-state index contributed by atoms with van der Waals surface area (Å²) in [6.45, 7) is 1.19. The summed E-state index contributed by atoms with van der Waals surface area (Å²) in [5.74, 6) is 0.0693. The van der Waals surface area contributed by atoms with Gasteiger partial charge in [-0.1, -0.05) is 0 Å². The highest BCUT2D eigenvalue weighted by atomic mass is 32.1. The molecule has 1 aliphatic carbocycles. The highest BCUT2D eigenvalue weighted by molar-refractivity contribution is 7.13. The zero-order valence-electron chi connectivity index (χ0n) is 16.6. The Bertz CT molecular complexity index is 971. The van der Waals surface area contributed by atoms with Crippen LogP contribution in [0.2, 0.25) is 0 Å². The molecule has 0 atom stereocenters. The number of ether oxygens (including phenoxy) is 2. The van der Waals surface area contributed by atoms with Gasteiger partial charge in [-0.05, 0) is 31.6 Å². The van der Waals surface area contributed by atoms with E-state index in [-0.39, 0.29) is 12.0 Å². The van der Waals surface area contributed by atoms with Crippen LogP contribution in [0.15, 0.2) is 23.4 Å². The summed E-state index contributed by atoms with van der Waals surface area (Å²) in [7, 11) is 1.67. The van der Waals surface area contributed by atoms with E-state index in [9.17, 15) is 4.79 Å². The van der Waals surface area contributed by atoms with E-state index in [1.54, 1.807) is 30.5 Å². The molecule has 3 aromatic rings. The van der Waals surface area contributed by atoms with Crippen molar-refractivity contribution in [3.05, 3.63) is 34.7 Å². The summed E-state index contributed by atoms with van der Waals surface area (Å²) >= 11 is 2.92. The molecule has 0 spiro atoms. The van der Waals surface area contributed by atoms with E-state index in [1.807, 2.05) is 0 Å². The molecule has 2 N–H and O–H groups in total. The Morgan fingerprint density at radius 3 is 2.37 bits per heavy atom. The number of carbonyl (C=O) groups excluding carboxylic acids is 1. The van der Waals surface area contributed by atoms with Gasteiger partial charge in [-0.2, -0.15) is 0 Å². The standard InChI is InChI=1S/C20H23N5O3S2/c1-27-6-7-28-13-4-2-12(3-5-13)16-17(14-8-22-10-29-14)24-20(15-9-23-11-30-15)25-18(16)19(21)26/h8-13H,2-7H2,1H3,(H2,21,26). The number of primary amides is 1. The number of aromatic nitrogens is 4. The van der Waals surface area contributed by atoms with Gasteiger partial charge in [0.15, 0.2) is 5.82 Å². The zero-order chi connectivity index (χ0) is 20.9. The lowest BCUT2D eigenvalue weighted by molar-refractivity contribution is -0.00282. The van der Waals surface area contributed by atoms with Gasteiger partial charge in [0.2, 0.25) is 0 Å². The molecule has 4 rings (SSSR count). The van der Waals surface area contributed by atoms with E-state index in [2.05, 4.69) is 15.0 Å². The average Bonchev–Trinajstić information content (AvgIpc) is 3.48. The van der Waals surface area contributed by atoms with Crippen molar-refractivity contribution in [3.8, 4) is 21.3 Å². The van der Waals surface area contributed by atoms with Crippen LogP contribution < -0.4 is 5.73 Å². The van der Waals surface area contributed by atoms with Crippen molar-refractivity contribution in [1.29, 1.82) is 0 Å². The van der Waals surface area contributed by atoms with Gasteiger partial charge in [-0.15, -0.1) is 22.7 Å². The second-order valence-corrected chi connectivity index (χ2v) is 8.86. The Morgan fingerprint density at radius 2 is 1.77 bits per heavy atom. The van der Waals surface area contributed by atoms with Crippen molar-refractivity contribution < 1.29 is 14.3 Å². The third-order valence-electron chi connectivity index (χ3n) is 5.22. The highest BCUT2D eigenvalue weighted by Crippen LogP contribution is 2.41. The lowest BCUT2D eigenvalue weighted by Crippen LogP contribution is -2.25. The summed E-state index contributed by atoms with van der Waals surface area (Å²) in [6.07, 6.45) is 7.26. The number of methoxy groups -OCH3 is 1. The van der Waals surface area contributed by atoms with Crippen molar-refractivity contribution in [2.45, 2.75) is 37.7 Å². The van der Waals surface area contributed by atoms with Crippen LogP contribution in [-0.2, 0) is 9.47 Å². The van der Waals surface area contributed by atoms with E-state index in [0.29, 0.717) is 24.7 Å². The van der Waals surface area contributed by atoms with Crippen LogP contribution in [0.5, 0.6) is 0 Å². The average molecular weight is 446 g/mol. The molecular weight excluding hydrogens is 422 g/mol. The molecular formula is C20H23N5O3S2. The second kappa shape index (κ2) is 9.69. The van der Waals surface area contributed by atoms with E-state index in [0.717, 1.165) is 46.7 Å². The fourth-order valence-corrected chi connectivity index (χ4v) is 5.00. The molecule has 0 bridgehead atoms. The topological polar surface area (TPSA) is 113 Å². The lowest BCUT2D eigenvalue weighted by atomic mass is 9.81. The third-order valence-corrected chi connectivity index (χ3v) is 6.77. The molecule has 1 aliphatic rings. The molecule has 1 amide bonds. The Balaban J connectivity index is 1.69. The van der Waals surface area contributed by atoms with Gasteiger partial charge < -0.3 is 15.2 Å². The van der Waals surface area contributed by atoms with Gasteiger partial charge >= 0.3 is 0 Å². The van der Waals surface area contributed by atoms with Crippen molar-refractivity contribution in [2.75, 3.05) is 20.3 Å². The molecule has 0 aliphatic heterocycles. The fraction of sp³-hybridized carbons (Fsp3) is 0.450. The van der Waals surface area contributed by atoms with Gasteiger partial charge in [0, 0.05) is 25.1 Å². The molecule has 8 nitrogen and oxygen atoms in total. The SMILES string of the molecule is COCCOC1CCC(c2c(C(N)=O)nc(-c3cncs3)nc2-c2cncs2)CC1. The van der Waals surface area contributed by atoms with Gasteiger partial charge in [0.25, 0.3) is 5.91 Å². The number of carbonyl (C=O) groups is 1. The molecule has 0 aromatic carbocycles. The monoisotopic (exact) mass is 445 g/mol. The molecule has 158 valence electrons. The summed E-state index contributed by atoms with van der Waals surface area (Å²) in [5.41, 5.74) is 11.1.